The van der Waals surface area contributed by atoms with Gasteiger partial charge in [0.05, 0.1) is 0 Å². The van der Waals surface area contributed by atoms with E-state index in [0.29, 0.717) is 6.42 Å². The summed E-state index contributed by atoms with van der Waals surface area (Å²) in [6.45, 7) is 4.48. The minimum absolute atomic E-state index is 0.0414. The summed E-state index contributed by atoms with van der Waals surface area (Å²) in [6.07, 6.45) is 25.6. The molecule has 0 spiro atoms. The molecule has 0 atom stereocenters. The van der Waals surface area contributed by atoms with E-state index < -0.39 is 0 Å². The number of rotatable bonds is 10. The molecule has 0 N–H and O–H groups in total. The summed E-state index contributed by atoms with van der Waals surface area (Å²) >= 11 is 0. The van der Waals surface area contributed by atoms with Crippen LogP contribution >= 0.6 is 0 Å². The van der Waals surface area contributed by atoms with Crippen LogP contribution in [0.5, 0.6) is 0 Å². The SMILES string of the molecule is CCCCC(=O)O[C@H]1CC[C@H]([C@H]2CC[C@H](CC[C@H]3CC[C@H](CCC)CC3)CC2)CC1. The van der Waals surface area contributed by atoms with Crippen molar-refractivity contribution in [3.05, 3.63) is 0 Å². The Labute approximate surface area is 187 Å². The van der Waals surface area contributed by atoms with E-state index in [-0.39, 0.29) is 12.1 Å². The van der Waals surface area contributed by atoms with Gasteiger partial charge in [-0.25, -0.2) is 0 Å². The molecule has 0 heterocycles. The van der Waals surface area contributed by atoms with Crippen LogP contribution in [0.25, 0.3) is 0 Å². The molecule has 174 valence electrons. The molecular weight excluding hydrogens is 368 g/mol. The van der Waals surface area contributed by atoms with Crippen LogP contribution in [-0.2, 0) is 9.53 Å². The molecule has 0 saturated heterocycles. The Morgan fingerprint density at radius 1 is 0.633 bits per heavy atom. The number of esters is 1. The molecular formula is C28H50O2. The zero-order valence-electron chi connectivity index (χ0n) is 20.2. The first-order valence-electron chi connectivity index (χ1n) is 13.9. The van der Waals surface area contributed by atoms with Crippen molar-refractivity contribution in [2.45, 2.75) is 142 Å². The number of ether oxygens (including phenoxy) is 1. The summed E-state index contributed by atoms with van der Waals surface area (Å²) in [7, 11) is 0. The number of hydrogen-bond acceptors (Lipinski definition) is 2. The Bertz CT molecular complexity index is 463. The molecule has 0 aromatic rings. The Hall–Kier alpha value is -0.530. The first kappa shape index (κ1) is 24.1. The number of hydrogen-bond donors (Lipinski definition) is 0. The minimum atomic E-state index is 0.0414. The summed E-state index contributed by atoms with van der Waals surface area (Å²) in [4.78, 5) is 11.9. The van der Waals surface area contributed by atoms with Gasteiger partial charge in [-0.1, -0.05) is 84.5 Å². The summed E-state index contributed by atoms with van der Waals surface area (Å²) in [5, 5.41) is 0. The second-order valence-corrected chi connectivity index (χ2v) is 11.2. The molecule has 0 aliphatic heterocycles. The number of carbonyl (C=O) groups is 1. The van der Waals surface area contributed by atoms with E-state index in [1.165, 1.54) is 89.9 Å². The van der Waals surface area contributed by atoms with Gasteiger partial charge in [-0.3, -0.25) is 4.79 Å². The molecule has 0 radical (unpaired) electrons. The lowest BCUT2D eigenvalue weighted by Gasteiger charge is -2.38. The highest BCUT2D eigenvalue weighted by molar-refractivity contribution is 5.69. The fourth-order valence-corrected chi connectivity index (χ4v) is 6.88. The molecule has 0 unspecified atom stereocenters. The molecule has 2 nitrogen and oxygen atoms in total. The fourth-order valence-electron chi connectivity index (χ4n) is 6.88. The maximum absolute atomic E-state index is 11.9. The summed E-state index contributed by atoms with van der Waals surface area (Å²) in [5.74, 6) is 5.03. The van der Waals surface area contributed by atoms with E-state index in [1.54, 1.807) is 0 Å². The summed E-state index contributed by atoms with van der Waals surface area (Å²) in [5.41, 5.74) is 0. The highest BCUT2D eigenvalue weighted by Gasteiger charge is 2.32. The lowest BCUT2D eigenvalue weighted by atomic mass is 9.69. The van der Waals surface area contributed by atoms with Crippen molar-refractivity contribution in [3.63, 3.8) is 0 Å². The van der Waals surface area contributed by atoms with Gasteiger partial charge in [0.2, 0.25) is 0 Å². The van der Waals surface area contributed by atoms with E-state index in [2.05, 4.69) is 13.8 Å². The van der Waals surface area contributed by atoms with Crippen LogP contribution in [0, 0.1) is 29.6 Å². The fraction of sp³-hybridized carbons (Fsp3) is 0.964. The minimum Gasteiger partial charge on any atom is -0.462 e. The second-order valence-electron chi connectivity index (χ2n) is 11.2. The molecule has 3 aliphatic carbocycles. The van der Waals surface area contributed by atoms with Crippen molar-refractivity contribution in [2.75, 3.05) is 0 Å². The van der Waals surface area contributed by atoms with Gasteiger partial charge in [-0.15, -0.1) is 0 Å². The van der Waals surface area contributed by atoms with E-state index >= 15 is 0 Å². The Morgan fingerprint density at radius 3 is 1.60 bits per heavy atom. The first-order valence-corrected chi connectivity index (χ1v) is 13.9. The van der Waals surface area contributed by atoms with Gasteiger partial charge in [0, 0.05) is 6.42 Å². The topological polar surface area (TPSA) is 26.3 Å². The van der Waals surface area contributed by atoms with Crippen LogP contribution in [0.2, 0.25) is 0 Å². The smallest absolute Gasteiger partial charge is 0.306 e. The summed E-state index contributed by atoms with van der Waals surface area (Å²) < 4.78 is 5.72. The van der Waals surface area contributed by atoms with Crippen molar-refractivity contribution in [1.29, 1.82) is 0 Å². The predicted molar refractivity (Wildman–Crippen MR) is 126 cm³/mol. The van der Waals surface area contributed by atoms with Crippen LogP contribution in [0.15, 0.2) is 0 Å². The van der Waals surface area contributed by atoms with Crippen molar-refractivity contribution in [3.8, 4) is 0 Å². The Kier molecular flexibility index (Phi) is 10.5. The molecule has 0 bridgehead atoms. The summed E-state index contributed by atoms with van der Waals surface area (Å²) in [6, 6.07) is 0. The Morgan fingerprint density at radius 2 is 1.10 bits per heavy atom. The van der Waals surface area contributed by atoms with Gasteiger partial charge in [0.1, 0.15) is 6.10 Å². The van der Waals surface area contributed by atoms with Crippen LogP contribution in [0.4, 0.5) is 0 Å². The highest BCUT2D eigenvalue weighted by Crippen LogP contribution is 2.42. The lowest BCUT2D eigenvalue weighted by Crippen LogP contribution is -2.29. The molecule has 3 fully saturated rings. The van der Waals surface area contributed by atoms with E-state index in [1.807, 2.05) is 0 Å². The molecule has 3 saturated carbocycles. The van der Waals surface area contributed by atoms with Crippen LogP contribution in [-0.4, -0.2) is 12.1 Å². The lowest BCUT2D eigenvalue weighted by molar-refractivity contribution is -0.151. The first-order chi connectivity index (χ1) is 14.7. The predicted octanol–water partition coefficient (Wildman–Crippen LogP) is 8.47. The normalized spacial score (nSPS) is 35.1. The van der Waals surface area contributed by atoms with Gasteiger partial charge in [0.25, 0.3) is 0 Å². The van der Waals surface area contributed by atoms with Crippen molar-refractivity contribution in [1.82, 2.24) is 0 Å². The van der Waals surface area contributed by atoms with Crippen molar-refractivity contribution < 1.29 is 9.53 Å². The van der Waals surface area contributed by atoms with E-state index in [0.717, 1.165) is 55.3 Å². The molecule has 0 amide bonds. The maximum Gasteiger partial charge on any atom is 0.306 e. The van der Waals surface area contributed by atoms with Gasteiger partial charge < -0.3 is 4.74 Å². The quantitative estimate of drug-likeness (QED) is 0.332. The molecule has 30 heavy (non-hydrogen) atoms. The van der Waals surface area contributed by atoms with Gasteiger partial charge in [-0.2, -0.15) is 0 Å². The molecule has 3 aliphatic rings. The standard InChI is InChI=1S/C28H50O2/c1-3-5-7-28(29)30-27-20-18-26(19-21-27)25-16-14-24(15-17-25)13-12-23-10-8-22(6-4-2)9-11-23/h22-27H,3-21H2,1-2H3/t22-,23-,24-,25-,26-,27-. The average Bonchev–Trinajstić information content (AvgIpc) is 2.78. The van der Waals surface area contributed by atoms with E-state index in [9.17, 15) is 4.79 Å². The molecule has 0 aromatic carbocycles. The van der Waals surface area contributed by atoms with Crippen LogP contribution in [0.1, 0.15) is 136 Å². The van der Waals surface area contributed by atoms with Crippen molar-refractivity contribution in [2.24, 2.45) is 29.6 Å². The van der Waals surface area contributed by atoms with Gasteiger partial charge >= 0.3 is 5.97 Å². The average molecular weight is 419 g/mol. The van der Waals surface area contributed by atoms with E-state index in [4.69, 9.17) is 4.74 Å². The second kappa shape index (κ2) is 13.1. The zero-order chi connectivity index (χ0) is 21.2. The number of unbranched alkanes of at least 4 members (excludes halogenated alkanes) is 1. The third-order valence-corrected chi connectivity index (χ3v) is 8.96. The highest BCUT2D eigenvalue weighted by atomic mass is 16.5. The maximum atomic E-state index is 11.9. The van der Waals surface area contributed by atoms with Crippen molar-refractivity contribution >= 4 is 5.97 Å². The molecule has 3 rings (SSSR count). The number of carbonyl (C=O) groups excluding carboxylic acids is 1. The molecule has 0 aromatic heterocycles. The third-order valence-electron chi connectivity index (χ3n) is 8.96. The van der Waals surface area contributed by atoms with Gasteiger partial charge in [-0.05, 0) is 74.5 Å². The Balaban J connectivity index is 1.26. The van der Waals surface area contributed by atoms with Crippen LogP contribution in [0.3, 0.4) is 0 Å². The monoisotopic (exact) mass is 418 g/mol. The third kappa shape index (κ3) is 7.86. The van der Waals surface area contributed by atoms with Crippen LogP contribution < -0.4 is 0 Å². The van der Waals surface area contributed by atoms with Gasteiger partial charge in [0.15, 0.2) is 0 Å². The molecule has 2 heteroatoms. The zero-order valence-corrected chi connectivity index (χ0v) is 20.2. The largest absolute Gasteiger partial charge is 0.462 e.